The molecule has 2 amide bonds. The fraction of sp³-hybridized carbons (Fsp3) is 0.548. The summed E-state index contributed by atoms with van der Waals surface area (Å²) in [6.07, 6.45) is -5.43. The molecule has 0 radical (unpaired) electrons. The van der Waals surface area contributed by atoms with Crippen LogP contribution in [0.15, 0.2) is 54.6 Å². The Labute approximate surface area is 343 Å². The van der Waals surface area contributed by atoms with Crippen LogP contribution in [0, 0.1) is 5.41 Å². The minimum absolute atomic E-state index is 0.00000559. The summed E-state index contributed by atoms with van der Waals surface area (Å²) < 4.78 is 66.9. The van der Waals surface area contributed by atoms with Gasteiger partial charge in [0.15, 0.2) is 18.4 Å². The molecule has 7 rings (SSSR count). The number of fused-ring (bicyclic) bond motifs is 5. The standard InChI is InChI=1S/C42H48F3N3O12/c1-39(2,3)57-32(52)15-13-28(22-49)47-30(50)16-17-46-38(54)41-20-29-33-34(59-40(58-33)18-25-9-5-6-10-26(25)19-40)36(41)60-48(35(41)37(53)56-29)21-27-11-7-4-8-24(27)12-14-31(51)55-23-42(43,44)45/h4-12,14,28-29,33-36,49H,13,15-23H2,1-3H3,(H,46,54)(H,47,50). The van der Waals surface area contributed by atoms with Gasteiger partial charge < -0.3 is 39.4 Å². The monoisotopic (exact) mass is 843 g/mol. The second kappa shape index (κ2) is 16.9. The molecule has 3 saturated heterocycles. The van der Waals surface area contributed by atoms with E-state index in [1.807, 2.05) is 24.3 Å². The molecule has 4 fully saturated rings. The third-order valence-corrected chi connectivity index (χ3v) is 11.2. The molecule has 18 heteroatoms. The molecule has 2 aromatic carbocycles. The Morgan fingerprint density at radius 3 is 2.37 bits per heavy atom. The predicted octanol–water partition coefficient (Wildman–Crippen LogP) is 2.99. The molecule has 5 aliphatic rings. The van der Waals surface area contributed by atoms with Crippen molar-refractivity contribution in [3.63, 3.8) is 0 Å². The van der Waals surface area contributed by atoms with Gasteiger partial charge >= 0.3 is 24.1 Å². The van der Waals surface area contributed by atoms with Crippen molar-refractivity contribution in [1.82, 2.24) is 15.7 Å². The minimum atomic E-state index is -4.70. The normalized spacial score (nSPS) is 26.9. The van der Waals surface area contributed by atoms with E-state index in [-0.39, 0.29) is 38.8 Å². The van der Waals surface area contributed by atoms with Gasteiger partial charge in [-0.2, -0.15) is 18.2 Å². The molecule has 2 aliphatic carbocycles. The van der Waals surface area contributed by atoms with E-state index in [9.17, 15) is 42.3 Å². The number of carbonyl (C=O) groups is 5. The molecule has 15 nitrogen and oxygen atoms in total. The van der Waals surface area contributed by atoms with Crippen molar-refractivity contribution in [2.45, 2.75) is 120 Å². The lowest BCUT2D eigenvalue weighted by Crippen LogP contribution is -2.69. The summed E-state index contributed by atoms with van der Waals surface area (Å²) in [6, 6.07) is 12.4. The fourth-order valence-electron chi connectivity index (χ4n) is 8.77. The summed E-state index contributed by atoms with van der Waals surface area (Å²) in [5.74, 6) is -4.62. The maximum Gasteiger partial charge on any atom is 0.422 e. The van der Waals surface area contributed by atoms with Gasteiger partial charge in [-0.3, -0.25) is 24.0 Å². The van der Waals surface area contributed by atoms with Crippen molar-refractivity contribution in [3.05, 3.63) is 76.9 Å². The molecule has 7 atom stereocenters. The second-order valence-electron chi connectivity index (χ2n) is 16.8. The summed E-state index contributed by atoms with van der Waals surface area (Å²) in [5.41, 5.74) is 0.687. The Hall–Kier alpha value is -4.88. The summed E-state index contributed by atoms with van der Waals surface area (Å²) in [6.45, 7) is 2.74. The van der Waals surface area contributed by atoms with Gasteiger partial charge in [-0.15, -0.1) is 0 Å². The van der Waals surface area contributed by atoms with Crippen LogP contribution < -0.4 is 10.6 Å². The Morgan fingerprint density at radius 1 is 1.00 bits per heavy atom. The third-order valence-electron chi connectivity index (χ3n) is 11.2. The Bertz CT molecular complexity index is 2000. The average Bonchev–Trinajstić information content (AvgIpc) is 3.85. The number of halogens is 3. The molecule has 2 bridgehead atoms. The van der Waals surface area contributed by atoms with E-state index in [1.54, 1.807) is 45.0 Å². The highest BCUT2D eigenvalue weighted by Crippen LogP contribution is 2.58. The average molecular weight is 844 g/mol. The van der Waals surface area contributed by atoms with Gasteiger partial charge in [0.05, 0.1) is 19.2 Å². The first-order chi connectivity index (χ1) is 28.4. The Kier molecular flexibility index (Phi) is 12.2. The topological polar surface area (TPSA) is 188 Å². The molecular formula is C42H48F3N3O12. The number of carbonyl (C=O) groups excluding carboxylic acids is 5. The number of ether oxygens (including phenoxy) is 5. The van der Waals surface area contributed by atoms with E-state index < -0.39 is 102 Å². The molecule has 1 saturated carbocycles. The van der Waals surface area contributed by atoms with Gasteiger partial charge in [-0.1, -0.05) is 48.5 Å². The van der Waals surface area contributed by atoms with Crippen LogP contribution >= 0.6 is 0 Å². The highest BCUT2D eigenvalue weighted by atomic mass is 19.4. The third kappa shape index (κ3) is 9.22. The van der Waals surface area contributed by atoms with Crippen LogP contribution in [0.25, 0.3) is 6.08 Å². The molecule has 3 heterocycles. The SMILES string of the molecule is CC(C)(C)OC(=O)CCC(CO)NC(=O)CCNC(=O)C12CC3OC(=O)C1N(Cc1ccccc1C=CC(=O)OCC(F)(F)F)OC2C1OC2(Cc4ccccc4C2)OC31. The molecular weight excluding hydrogens is 795 g/mol. The molecule has 3 aliphatic heterocycles. The minimum Gasteiger partial charge on any atom is -0.460 e. The van der Waals surface area contributed by atoms with E-state index in [0.717, 1.165) is 17.2 Å². The lowest BCUT2D eigenvalue weighted by molar-refractivity contribution is -0.217. The quantitative estimate of drug-likeness (QED) is 0.143. The Balaban J connectivity index is 1.10. The largest absolute Gasteiger partial charge is 0.460 e. The molecule has 7 unspecified atom stereocenters. The van der Waals surface area contributed by atoms with Crippen molar-refractivity contribution in [2.24, 2.45) is 5.41 Å². The van der Waals surface area contributed by atoms with Gasteiger partial charge in [0.1, 0.15) is 35.4 Å². The number of hydrogen-bond donors (Lipinski definition) is 3. The number of hydroxylamine groups is 2. The van der Waals surface area contributed by atoms with Crippen LogP contribution in [0.2, 0.25) is 0 Å². The summed E-state index contributed by atoms with van der Waals surface area (Å²) >= 11 is 0. The highest BCUT2D eigenvalue weighted by molar-refractivity contribution is 5.94. The number of nitrogens with zero attached hydrogens (tertiary/aromatic N) is 1. The van der Waals surface area contributed by atoms with Crippen molar-refractivity contribution in [3.8, 4) is 0 Å². The van der Waals surface area contributed by atoms with Crippen LogP contribution in [-0.2, 0) is 71.9 Å². The van der Waals surface area contributed by atoms with Gasteiger partial charge in [-0.05, 0) is 55.5 Å². The van der Waals surface area contributed by atoms with Crippen molar-refractivity contribution in [1.29, 1.82) is 0 Å². The maximum atomic E-state index is 14.7. The predicted molar refractivity (Wildman–Crippen MR) is 202 cm³/mol. The summed E-state index contributed by atoms with van der Waals surface area (Å²) in [5, 5.41) is 16.7. The van der Waals surface area contributed by atoms with E-state index in [2.05, 4.69) is 15.4 Å². The fourth-order valence-corrected chi connectivity index (χ4v) is 8.77. The molecule has 0 aromatic heterocycles. The van der Waals surface area contributed by atoms with Crippen LogP contribution in [0.4, 0.5) is 13.2 Å². The van der Waals surface area contributed by atoms with Crippen molar-refractivity contribution < 1.29 is 70.8 Å². The number of hydrogen-bond acceptors (Lipinski definition) is 13. The summed E-state index contributed by atoms with van der Waals surface area (Å²) in [7, 11) is 0. The first-order valence-corrected chi connectivity index (χ1v) is 19.8. The van der Waals surface area contributed by atoms with E-state index >= 15 is 0 Å². The molecule has 2 aromatic rings. The van der Waals surface area contributed by atoms with Crippen LogP contribution in [0.3, 0.4) is 0 Å². The highest BCUT2D eigenvalue weighted by Gasteiger charge is 2.76. The number of rotatable bonds is 14. The number of alkyl halides is 3. The lowest BCUT2D eigenvalue weighted by atomic mass is 9.62. The van der Waals surface area contributed by atoms with Crippen LogP contribution in [0.5, 0.6) is 0 Å². The number of aliphatic hydroxyl groups excluding tert-OH is 1. The molecule has 1 spiro atoms. The number of benzene rings is 2. The van der Waals surface area contributed by atoms with Crippen LogP contribution in [0.1, 0.15) is 68.7 Å². The van der Waals surface area contributed by atoms with Crippen molar-refractivity contribution in [2.75, 3.05) is 19.8 Å². The second-order valence-corrected chi connectivity index (χ2v) is 16.8. The first kappa shape index (κ1) is 43.2. The molecule has 3 N–H and O–H groups in total. The first-order valence-electron chi connectivity index (χ1n) is 19.8. The van der Waals surface area contributed by atoms with E-state index in [1.165, 1.54) is 11.1 Å². The zero-order valence-corrected chi connectivity index (χ0v) is 33.3. The summed E-state index contributed by atoms with van der Waals surface area (Å²) in [4.78, 5) is 72.6. The van der Waals surface area contributed by atoms with Gasteiger partial charge in [0.2, 0.25) is 11.8 Å². The lowest BCUT2D eigenvalue weighted by Gasteiger charge is -2.48. The van der Waals surface area contributed by atoms with Crippen molar-refractivity contribution >= 4 is 35.8 Å². The van der Waals surface area contributed by atoms with Gasteiger partial charge in [-0.25, -0.2) is 4.79 Å². The van der Waals surface area contributed by atoms with Gasteiger partial charge in [0, 0.05) is 44.7 Å². The van der Waals surface area contributed by atoms with Crippen LogP contribution in [-0.4, -0.2) is 114 Å². The molecule has 324 valence electrons. The maximum absolute atomic E-state index is 14.7. The van der Waals surface area contributed by atoms with E-state index in [0.29, 0.717) is 24.0 Å². The zero-order chi connectivity index (χ0) is 43.0. The molecule has 60 heavy (non-hydrogen) atoms. The number of nitrogens with one attached hydrogen (secondary N) is 2. The number of amides is 2. The number of aliphatic hydroxyl groups is 1. The zero-order valence-electron chi connectivity index (χ0n) is 33.3. The van der Waals surface area contributed by atoms with E-state index in [4.69, 9.17) is 23.8 Å². The smallest absolute Gasteiger partial charge is 0.422 e. The Morgan fingerprint density at radius 2 is 1.68 bits per heavy atom. The van der Waals surface area contributed by atoms with Gasteiger partial charge in [0.25, 0.3) is 0 Å². The number of esters is 3.